The number of carbonyl (C=O) groups excluding carboxylic acids is 1. The largest absolute Gasteiger partial charge is 0.508 e. The van der Waals surface area contributed by atoms with Crippen LogP contribution >= 0.6 is 0 Å². The first-order valence-electron chi connectivity index (χ1n) is 6.45. The summed E-state index contributed by atoms with van der Waals surface area (Å²) in [4.78, 5) is 11.1. The van der Waals surface area contributed by atoms with Crippen LogP contribution in [0.1, 0.15) is 27.0 Å². The quantitative estimate of drug-likeness (QED) is 0.778. The number of benzene rings is 2. The van der Waals surface area contributed by atoms with Crippen molar-refractivity contribution < 1.29 is 9.90 Å². The van der Waals surface area contributed by atoms with E-state index in [4.69, 9.17) is 5.73 Å². The summed E-state index contributed by atoms with van der Waals surface area (Å²) in [6, 6.07) is 12.7. The molecule has 0 aromatic heterocycles. The van der Waals surface area contributed by atoms with Gasteiger partial charge in [-0.1, -0.05) is 24.3 Å². The number of carbonyl (C=O) groups is 1. The van der Waals surface area contributed by atoms with E-state index >= 15 is 0 Å². The molecule has 2 rings (SSSR count). The Balaban J connectivity index is 1.98. The van der Waals surface area contributed by atoms with Crippen molar-refractivity contribution >= 4 is 5.91 Å². The number of phenolic OH excluding ortho intramolecular Hbond substituents is 1. The Morgan fingerprint density at radius 1 is 1.15 bits per heavy atom. The molecule has 1 amide bonds. The molecule has 0 heterocycles. The Bertz CT molecular complexity index is 624. The summed E-state index contributed by atoms with van der Waals surface area (Å²) < 4.78 is 0. The van der Waals surface area contributed by atoms with Gasteiger partial charge in [0.05, 0.1) is 0 Å². The van der Waals surface area contributed by atoms with E-state index in [1.54, 1.807) is 24.3 Å². The summed E-state index contributed by atoms with van der Waals surface area (Å²) in [7, 11) is 0. The minimum absolute atomic E-state index is 0.292. The predicted molar refractivity (Wildman–Crippen MR) is 78.3 cm³/mol. The van der Waals surface area contributed by atoms with Gasteiger partial charge in [-0.05, 0) is 36.2 Å². The molecule has 0 aliphatic rings. The van der Waals surface area contributed by atoms with Gasteiger partial charge in [0, 0.05) is 24.2 Å². The zero-order valence-corrected chi connectivity index (χ0v) is 11.4. The van der Waals surface area contributed by atoms with E-state index in [0.29, 0.717) is 24.4 Å². The number of aryl methyl sites for hydroxylation is 1. The monoisotopic (exact) mass is 270 g/mol. The third-order valence-electron chi connectivity index (χ3n) is 3.25. The fraction of sp³-hybridized carbons (Fsp3) is 0.188. The first-order chi connectivity index (χ1) is 9.58. The molecule has 0 fully saturated rings. The molecular formula is C16H18N2O2. The third-order valence-corrected chi connectivity index (χ3v) is 3.25. The molecule has 4 nitrogen and oxygen atoms in total. The number of hydrogen-bond donors (Lipinski definition) is 3. The van der Waals surface area contributed by atoms with E-state index in [0.717, 1.165) is 16.7 Å². The normalized spacial score (nSPS) is 10.4. The lowest BCUT2D eigenvalue weighted by molar-refractivity contribution is 0.1000. The Kier molecular flexibility index (Phi) is 4.38. The Morgan fingerprint density at radius 2 is 1.85 bits per heavy atom. The lowest BCUT2D eigenvalue weighted by atomic mass is 10.0. The highest BCUT2D eigenvalue weighted by Gasteiger charge is 2.04. The highest BCUT2D eigenvalue weighted by Crippen LogP contribution is 2.16. The molecule has 104 valence electrons. The van der Waals surface area contributed by atoms with Crippen molar-refractivity contribution in [1.29, 1.82) is 0 Å². The van der Waals surface area contributed by atoms with E-state index in [-0.39, 0.29) is 0 Å². The second-order valence-electron chi connectivity index (χ2n) is 4.74. The van der Waals surface area contributed by atoms with Gasteiger partial charge in [0.1, 0.15) is 5.75 Å². The highest BCUT2D eigenvalue weighted by molar-refractivity contribution is 5.93. The minimum Gasteiger partial charge on any atom is -0.508 e. The van der Waals surface area contributed by atoms with E-state index in [9.17, 15) is 9.90 Å². The number of nitrogens with one attached hydrogen (secondary N) is 1. The molecule has 0 aliphatic heterocycles. The summed E-state index contributed by atoms with van der Waals surface area (Å²) in [5, 5.41) is 12.9. The summed E-state index contributed by atoms with van der Waals surface area (Å²) >= 11 is 0. The molecule has 4 heteroatoms. The summed E-state index contributed by atoms with van der Waals surface area (Å²) in [6.07, 6.45) is 0. The number of para-hydroxylation sites is 1. The van der Waals surface area contributed by atoms with E-state index in [1.165, 1.54) is 0 Å². The lowest BCUT2D eigenvalue weighted by Gasteiger charge is -2.10. The van der Waals surface area contributed by atoms with Crippen molar-refractivity contribution in [2.75, 3.05) is 0 Å². The minimum atomic E-state index is -0.415. The molecule has 2 aromatic rings. The second-order valence-corrected chi connectivity index (χ2v) is 4.74. The first kappa shape index (κ1) is 14.1. The van der Waals surface area contributed by atoms with Crippen LogP contribution in [0, 0.1) is 6.92 Å². The van der Waals surface area contributed by atoms with Gasteiger partial charge in [0.15, 0.2) is 0 Å². The molecule has 0 atom stereocenters. The van der Waals surface area contributed by atoms with Gasteiger partial charge >= 0.3 is 0 Å². The van der Waals surface area contributed by atoms with Crippen molar-refractivity contribution in [3.8, 4) is 5.75 Å². The molecule has 0 spiro atoms. The molecule has 2 aromatic carbocycles. The summed E-state index contributed by atoms with van der Waals surface area (Å²) in [6.45, 7) is 3.20. The van der Waals surface area contributed by atoms with Crippen LogP contribution in [0.25, 0.3) is 0 Å². The zero-order chi connectivity index (χ0) is 14.5. The fourth-order valence-corrected chi connectivity index (χ4v) is 2.04. The van der Waals surface area contributed by atoms with E-state index in [2.05, 4.69) is 5.32 Å². The molecule has 0 saturated carbocycles. The molecule has 0 radical (unpaired) electrons. The maximum absolute atomic E-state index is 11.1. The standard InChI is InChI=1S/C16H18N2O2/c1-11-8-12(16(17)20)6-7-13(11)9-18-10-14-4-2-3-5-15(14)19/h2-8,18-19H,9-10H2,1H3,(H2,17,20). The lowest BCUT2D eigenvalue weighted by Crippen LogP contribution is -2.15. The van der Waals surface area contributed by atoms with Crippen LogP contribution in [0.4, 0.5) is 0 Å². The second kappa shape index (κ2) is 6.21. The van der Waals surface area contributed by atoms with Gasteiger partial charge in [-0.25, -0.2) is 0 Å². The van der Waals surface area contributed by atoms with Gasteiger partial charge in [-0.3, -0.25) is 4.79 Å². The van der Waals surface area contributed by atoms with Crippen LogP contribution in [-0.4, -0.2) is 11.0 Å². The molecule has 0 saturated heterocycles. The van der Waals surface area contributed by atoms with Crippen LogP contribution in [0.5, 0.6) is 5.75 Å². The topological polar surface area (TPSA) is 75.4 Å². The number of aromatic hydroxyl groups is 1. The summed E-state index contributed by atoms with van der Waals surface area (Å²) in [5.41, 5.74) is 8.75. The summed E-state index contributed by atoms with van der Waals surface area (Å²) in [5.74, 6) is -0.123. The Hall–Kier alpha value is -2.33. The van der Waals surface area contributed by atoms with Crippen LogP contribution in [-0.2, 0) is 13.1 Å². The highest BCUT2D eigenvalue weighted by atomic mass is 16.3. The molecular weight excluding hydrogens is 252 g/mol. The fourth-order valence-electron chi connectivity index (χ4n) is 2.04. The van der Waals surface area contributed by atoms with Gasteiger partial charge < -0.3 is 16.2 Å². The number of amides is 1. The van der Waals surface area contributed by atoms with Gasteiger partial charge in [0.25, 0.3) is 0 Å². The number of hydrogen-bond acceptors (Lipinski definition) is 3. The van der Waals surface area contributed by atoms with Crippen molar-refractivity contribution in [2.45, 2.75) is 20.0 Å². The van der Waals surface area contributed by atoms with Crippen LogP contribution in [0.2, 0.25) is 0 Å². The number of phenols is 1. The van der Waals surface area contributed by atoms with Crippen LogP contribution in [0.3, 0.4) is 0 Å². The zero-order valence-electron chi connectivity index (χ0n) is 11.4. The molecule has 0 bridgehead atoms. The number of nitrogens with two attached hydrogens (primary N) is 1. The van der Waals surface area contributed by atoms with Crippen molar-refractivity contribution in [1.82, 2.24) is 5.32 Å². The predicted octanol–water partition coefficient (Wildman–Crippen LogP) is 2.09. The molecule has 0 unspecified atom stereocenters. The van der Waals surface area contributed by atoms with Crippen molar-refractivity contribution in [2.24, 2.45) is 5.73 Å². The number of primary amides is 1. The first-order valence-corrected chi connectivity index (χ1v) is 6.45. The Morgan fingerprint density at radius 3 is 2.50 bits per heavy atom. The Labute approximate surface area is 118 Å². The maximum Gasteiger partial charge on any atom is 0.248 e. The van der Waals surface area contributed by atoms with Crippen LogP contribution < -0.4 is 11.1 Å². The van der Waals surface area contributed by atoms with Gasteiger partial charge in [-0.2, -0.15) is 0 Å². The molecule has 20 heavy (non-hydrogen) atoms. The SMILES string of the molecule is Cc1cc(C(N)=O)ccc1CNCc1ccccc1O. The van der Waals surface area contributed by atoms with E-state index < -0.39 is 5.91 Å². The average Bonchev–Trinajstić information content (AvgIpc) is 2.42. The average molecular weight is 270 g/mol. The maximum atomic E-state index is 11.1. The van der Waals surface area contributed by atoms with Crippen molar-refractivity contribution in [3.05, 3.63) is 64.7 Å². The third kappa shape index (κ3) is 3.36. The molecule has 0 aliphatic carbocycles. The van der Waals surface area contributed by atoms with E-state index in [1.807, 2.05) is 25.1 Å². The van der Waals surface area contributed by atoms with Gasteiger partial charge in [0.2, 0.25) is 5.91 Å². The molecule has 4 N–H and O–H groups in total. The van der Waals surface area contributed by atoms with Crippen molar-refractivity contribution in [3.63, 3.8) is 0 Å². The van der Waals surface area contributed by atoms with Gasteiger partial charge in [-0.15, -0.1) is 0 Å². The number of rotatable bonds is 5. The van der Waals surface area contributed by atoms with Crippen LogP contribution in [0.15, 0.2) is 42.5 Å². The smallest absolute Gasteiger partial charge is 0.248 e.